The lowest BCUT2D eigenvalue weighted by atomic mass is 9.77. The number of morpholine rings is 1. The molecule has 12 nitrogen and oxygen atoms in total. The summed E-state index contributed by atoms with van der Waals surface area (Å²) in [5.41, 5.74) is 4.72. The number of hydrogen-bond acceptors (Lipinski definition) is 9. The molecule has 4 fully saturated rings. The Morgan fingerprint density at radius 2 is 1.74 bits per heavy atom. The van der Waals surface area contributed by atoms with E-state index in [0.29, 0.717) is 23.4 Å². The third kappa shape index (κ3) is 5.79. The number of anilines is 2. The summed E-state index contributed by atoms with van der Waals surface area (Å²) in [4.78, 5) is 58.3. The average molecular weight is 638 g/mol. The van der Waals surface area contributed by atoms with Gasteiger partial charge in [0.25, 0.3) is 11.8 Å². The van der Waals surface area contributed by atoms with E-state index in [9.17, 15) is 19.2 Å². The molecular weight excluding hydrogens is 598 g/mol. The lowest BCUT2D eigenvalue weighted by molar-refractivity contribution is -0.136. The Kier molecular flexibility index (Phi) is 7.75. The van der Waals surface area contributed by atoms with Crippen LogP contribution >= 0.6 is 0 Å². The van der Waals surface area contributed by atoms with Gasteiger partial charge >= 0.3 is 0 Å². The van der Waals surface area contributed by atoms with Crippen molar-refractivity contribution in [2.24, 2.45) is 5.92 Å². The van der Waals surface area contributed by atoms with Crippen LogP contribution in [0.1, 0.15) is 89.7 Å². The second kappa shape index (κ2) is 12.2. The molecule has 0 radical (unpaired) electrons. The van der Waals surface area contributed by atoms with E-state index >= 15 is 0 Å². The van der Waals surface area contributed by atoms with E-state index in [2.05, 4.69) is 44.6 Å². The van der Waals surface area contributed by atoms with E-state index in [-0.39, 0.29) is 24.3 Å². The number of amides is 4. The Bertz CT molecular complexity index is 1740. The number of carbonyl (C=O) groups excluding carboxylic acids is 4. The van der Waals surface area contributed by atoms with Gasteiger partial charge in [0.05, 0.1) is 41.8 Å². The van der Waals surface area contributed by atoms with Gasteiger partial charge in [-0.05, 0) is 81.2 Å². The van der Waals surface area contributed by atoms with Crippen molar-refractivity contribution in [3.63, 3.8) is 0 Å². The third-order valence-electron chi connectivity index (χ3n) is 10.2. The number of hydrogen-bond donors (Lipinski definition) is 2. The first kappa shape index (κ1) is 29.8. The largest absolute Gasteiger partial charge is 0.385 e. The van der Waals surface area contributed by atoms with Crippen LogP contribution in [-0.4, -0.2) is 82.2 Å². The summed E-state index contributed by atoms with van der Waals surface area (Å²) in [6.07, 6.45) is 9.17. The zero-order chi connectivity index (χ0) is 32.1. The van der Waals surface area contributed by atoms with Crippen LogP contribution in [0.5, 0.6) is 0 Å². The second-order valence-corrected chi connectivity index (χ2v) is 13.4. The molecule has 12 heteroatoms. The topological polar surface area (TPSA) is 139 Å². The number of aromatic nitrogens is 3. The molecule has 2 saturated carbocycles. The summed E-state index contributed by atoms with van der Waals surface area (Å²) in [6.45, 7) is 3.95. The minimum absolute atomic E-state index is 0.102. The molecule has 2 N–H and O–H groups in total. The number of pyridine rings is 1. The van der Waals surface area contributed by atoms with Gasteiger partial charge in [-0.2, -0.15) is 5.10 Å². The highest BCUT2D eigenvalue weighted by Gasteiger charge is 2.44. The van der Waals surface area contributed by atoms with Gasteiger partial charge in [0.1, 0.15) is 11.9 Å². The molecular formula is C35H39N7O5. The maximum Gasteiger partial charge on any atom is 0.262 e. The molecule has 2 saturated heterocycles. The highest BCUT2D eigenvalue weighted by atomic mass is 16.5. The van der Waals surface area contributed by atoms with E-state index in [0.717, 1.165) is 80.6 Å². The van der Waals surface area contributed by atoms with E-state index in [1.807, 2.05) is 0 Å². The Hall–Kier alpha value is -4.58. The molecule has 3 aromatic rings. The Morgan fingerprint density at radius 3 is 2.53 bits per heavy atom. The third-order valence-corrected chi connectivity index (χ3v) is 10.2. The summed E-state index contributed by atoms with van der Waals surface area (Å²) < 4.78 is 7.72. The van der Waals surface area contributed by atoms with Crippen LogP contribution in [0.2, 0.25) is 0 Å². The molecule has 3 aliphatic heterocycles. The molecule has 47 heavy (non-hydrogen) atoms. The van der Waals surface area contributed by atoms with E-state index < -0.39 is 23.8 Å². The summed E-state index contributed by atoms with van der Waals surface area (Å²) in [5, 5.41) is 10.7. The number of imide groups is 2. The minimum atomic E-state index is -0.959. The molecule has 1 atom stereocenters. The number of nitrogens with one attached hydrogen (secondary N) is 2. The predicted octanol–water partition coefficient (Wildman–Crippen LogP) is 3.90. The van der Waals surface area contributed by atoms with E-state index in [4.69, 9.17) is 14.8 Å². The van der Waals surface area contributed by atoms with Crippen molar-refractivity contribution >= 4 is 35.1 Å². The van der Waals surface area contributed by atoms with Crippen LogP contribution in [0.15, 0.2) is 42.6 Å². The van der Waals surface area contributed by atoms with Gasteiger partial charge in [-0.15, -0.1) is 0 Å². The second-order valence-electron chi connectivity index (χ2n) is 13.4. The summed E-state index contributed by atoms with van der Waals surface area (Å²) in [5.74, 6) is 0.219. The van der Waals surface area contributed by atoms with Crippen molar-refractivity contribution in [1.29, 1.82) is 0 Å². The summed E-state index contributed by atoms with van der Waals surface area (Å²) in [6, 6.07) is 10.9. The minimum Gasteiger partial charge on any atom is -0.385 e. The first-order chi connectivity index (χ1) is 22.9. The number of nitrogens with zero attached hydrogens (tertiary/aromatic N) is 5. The number of benzene rings is 1. The SMILES string of the molecule is O=C1CCC(N2C(=O)c3ccc(NCCCC4CC(n5cc(-c6cccc(N7CCOCC7)n6)c(C6CC6)n5)C4)cc3C2=O)C(=O)N1. The van der Waals surface area contributed by atoms with Gasteiger partial charge in [-0.25, -0.2) is 4.98 Å². The van der Waals surface area contributed by atoms with Crippen molar-refractivity contribution in [3.8, 4) is 11.3 Å². The fourth-order valence-corrected chi connectivity index (χ4v) is 7.35. The van der Waals surface area contributed by atoms with Crippen LogP contribution in [-0.2, 0) is 14.3 Å². The summed E-state index contributed by atoms with van der Waals surface area (Å²) in [7, 11) is 0. The maximum absolute atomic E-state index is 13.1. The monoisotopic (exact) mass is 637 g/mol. The number of ether oxygens (including phenoxy) is 1. The number of fused-ring (bicyclic) bond motifs is 1. The zero-order valence-electron chi connectivity index (χ0n) is 26.3. The zero-order valence-corrected chi connectivity index (χ0v) is 26.3. The molecule has 244 valence electrons. The average Bonchev–Trinajstić information content (AvgIpc) is 3.78. The highest BCUT2D eigenvalue weighted by Crippen LogP contribution is 2.46. The Labute approximate surface area is 272 Å². The lowest BCUT2D eigenvalue weighted by Crippen LogP contribution is -2.54. The number of carbonyl (C=O) groups is 4. The highest BCUT2D eigenvalue weighted by molar-refractivity contribution is 6.23. The predicted molar refractivity (Wildman–Crippen MR) is 173 cm³/mol. The van der Waals surface area contributed by atoms with Gasteiger partial charge in [-0.3, -0.25) is 34.1 Å². The molecule has 2 aromatic heterocycles. The molecule has 8 rings (SSSR count). The van der Waals surface area contributed by atoms with Gasteiger partial charge in [0, 0.05) is 49.4 Å². The first-order valence-corrected chi connectivity index (χ1v) is 16.9. The quantitative estimate of drug-likeness (QED) is 0.250. The lowest BCUT2D eigenvalue weighted by Gasteiger charge is -2.35. The Balaban J connectivity index is 0.842. The molecule has 5 heterocycles. The van der Waals surface area contributed by atoms with Crippen LogP contribution in [0.4, 0.5) is 11.5 Å². The van der Waals surface area contributed by atoms with Gasteiger partial charge in [-0.1, -0.05) is 6.07 Å². The van der Waals surface area contributed by atoms with Crippen LogP contribution < -0.4 is 15.5 Å². The van der Waals surface area contributed by atoms with Crippen LogP contribution in [0, 0.1) is 5.92 Å². The number of rotatable bonds is 10. The molecule has 0 spiro atoms. The van der Waals surface area contributed by atoms with Gasteiger partial charge in [0.2, 0.25) is 11.8 Å². The van der Waals surface area contributed by atoms with Gasteiger partial charge in [0.15, 0.2) is 0 Å². The van der Waals surface area contributed by atoms with Crippen molar-refractivity contribution in [2.75, 3.05) is 43.1 Å². The first-order valence-electron chi connectivity index (χ1n) is 16.9. The van der Waals surface area contributed by atoms with Gasteiger partial charge < -0.3 is 15.0 Å². The number of piperidine rings is 1. The molecule has 1 aromatic carbocycles. The smallest absolute Gasteiger partial charge is 0.262 e. The molecule has 5 aliphatic rings. The molecule has 4 amide bonds. The Morgan fingerprint density at radius 1 is 0.936 bits per heavy atom. The van der Waals surface area contributed by atoms with Crippen molar-refractivity contribution < 1.29 is 23.9 Å². The van der Waals surface area contributed by atoms with E-state index in [1.54, 1.807) is 18.2 Å². The molecule has 0 bridgehead atoms. The van der Waals surface area contributed by atoms with Crippen molar-refractivity contribution in [2.45, 2.75) is 69.4 Å². The maximum atomic E-state index is 13.1. The van der Waals surface area contributed by atoms with Crippen LogP contribution in [0.25, 0.3) is 11.3 Å². The van der Waals surface area contributed by atoms with Crippen molar-refractivity contribution in [1.82, 2.24) is 25.0 Å². The fourth-order valence-electron chi connectivity index (χ4n) is 7.35. The molecule has 1 unspecified atom stereocenters. The van der Waals surface area contributed by atoms with E-state index in [1.165, 1.54) is 24.1 Å². The fraction of sp³-hybridized carbons (Fsp3) is 0.486. The standard InChI is InChI=1S/C35H39N7O5/c43-31-11-10-29(33(44)38-31)42-34(45)25-9-8-23(19-26(25)35(42)46)36-12-2-3-21-17-24(18-21)41-20-27(32(39-41)22-6-7-22)28-4-1-5-30(37-28)40-13-15-47-16-14-40/h1,4-5,8-9,19-22,24,29,36H,2-3,6-7,10-18H2,(H,38,43,44). The molecule has 2 aliphatic carbocycles. The normalized spacial score (nSPS) is 24.3. The summed E-state index contributed by atoms with van der Waals surface area (Å²) >= 11 is 0. The van der Waals surface area contributed by atoms with Crippen LogP contribution in [0.3, 0.4) is 0 Å². The van der Waals surface area contributed by atoms with Crippen molar-refractivity contribution in [3.05, 3.63) is 59.4 Å².